The van der Waals surface area contributed by atoms with Crippen LogP contribution in [0.3, 0.4) is 0 Å². The minimum absolute atomic E-state index is 0.277. The molecule has 0 radical (unpaired) electrons. The van der Waals surface area contributed by atoms with Crippen molar-refractivity contribution in [1.82, 2.24) is 4.98 Å². The molecule has 1 rings (SSSR count). The fraction of sp³-hybridized carbons (Fsp3) is 0.333. The lowest BCUT2D eigenvalue weighted by molar-refractivity contribution is -0.142. The molecule has 1 aromatic rings. The highest BCUT2D eigenvalue weighted by Crippen LogP contribution is 2.29. The van der Waals surface area contributed by atoms with Crippen LogP contribution in [0.1, 0.15) is 16.8 Å². The fourth-order valence-electron chi connectivity index (χ4n) is 1.23. The van der Waals surface area contributed by atoms with Crippen molar-refractivity contribution >= 4 is 0 Å². The van der Waals surface area contributed by atoms with Gasteiger partial charge in [-0.3, -0.25) is 4.79 Å². The van der Waals surface area contributed by atoms with E-state index in [-0.39, 0.29) is 12.0 Å². The van der Waals surface area contributed by atoms with Crippen LogP contribution < -0.4 is 5.56 Å². The Morgan fingerprint density at radius 1 is 1.50 bits per heavy atom. The summed E-state index contributed by atoms with van der Waals surface area (Å²) in [6.07, 6.45) is -4.99. The van der Waals surface area contributed by atoms with Gasteiger partial charge in [-0.05, 0) is 18.1 Å². The van der Waals surface area contributed by atoms with Crippen LogP contribution in [-0.2, 0) is 12.6 Å². The maximum atomic E-state index is 12.5. The standard InChI is InChI=1S/C9H7F3N2O2/c10-9(11,12)7-5(1-2-15)3-6(4-13)8(16)14-7/h3,15H,1-2H2,(H,14,16). The molecule has 0 aliphatic heterocycles. The minimum Gasteiger partial charge on any atom is -0.396 e. The van der Waals surface area contributed by atoms with E-state index in [9.17, 15) is 18.0 Å². The molecule has 86 valence electrons. The van der Waals surface area contributed by atoms with E-state index in [4.69, 9.17) is 10.4 Å². The van der Waals surface area contributed by atoms with E-state index in [2.05, 4.69) is 0 Å². The first kappa shape index (κ1) is 12.3. The molecule has 1 heterocycles. The molecule has 0 amide bonds. The molecule has 1 aromatic heterocycles. The third-order valence-electron chi connectivity index (χ3n) is 1.91. The van der Waals surface area contributed by atoms with Gasteiger partial charge in [0.2, 0.25) is 0 Å². The van der Waals surface area contributed by atoms with Gasteiger partial charge in [0, 0.05) is 6.61 Å². The van der Waals surface area contributed by atoms with Gasteiger partial charge in [0.05, 0.1) is 0 Å². The molecule has 0 fully saturated rings. The molecule has 0 saturated heterocycles. The lowest BCUT2D eigenvalue weighted by Crippen LogP contribution is -2.21. The highest BCUT2D eigenvalue weighted by Gasteiger charge is 2.35. The molecule has 0 aliphatic carbocycles. The van der Waals surface area contributed by atoms with Crippen LogP contribution in [0.25, 0.3) is 0 Å². The van der Waals surface area contributed by atoms with E-state index in [1.54, 1.807) is 4.98 Å². The number of pyridine rings is 1. The van der Waals surface area contributed by atoms with Crippen molar-refractivity contribution in [1.29, 1.82) is 5.26 Å². The average molecular weight is 232 g/mol. The molecular weight excluding hydrogens is 225 g/mol. The molecular formula is C9H7F3N2O2. The third-order valence-corrected chi connectivity index (χ3v) is 1.91. The zero-order valence-electron chi connectivity index (χ0n) is 7.93. The second-order valence-corrected chi connectivity index (χ2v) is 3.00. The van der Waals surface area contributed by atoms with E-state index in [1.165, 1.54) is 6.07 Å². The average Bonchev–Trinajstić information content (AvgIpc) is 2.19. The predicted octanol–water partition coefficient (Wildman–Crippen LogP) is 0.800. The van der Waals surface area contributed by atoms with Gasteiger partial charge in [0.15, 0.2) is 0 Å². The maximum absolute atomic E-state index is 12.5. The summed E-state index contributed by atoms with van der Waals surface area (Å²) in [6.45, 7) is -0.500. The number of aliphatic hydroxyl groups is 1. The van der Waals surface area contributed by atoms with E-state index >= 15 is 0 Å². The Kier molecular flexibility index (Phi) is 3.34. The number of aromatic amines is 1. The number of H-pyrrole nitrogens is 1. The summed E-state index contributed by atoms with van der Waals surface area (Å²) in [4.78, 5) is 12.6. The molecule has 0 saturated carbocycles. The smallest absolute Gasteiger partial charge is 0.396 e. The van der Waals surface area contributed by atoms with Gasteiger partial charge in [-0.2, -0.15) is 18.4 Å². The van der Waals surface area contributed by atoms with Gasteiger partial charge in [0.25, 0.3) is 5.56 Å². The highest BCUT2D eigenvalue weighted by atomic mass is 19.4. The second-order valence-electron chi connectivity index (χ2n) is 3.00. The summed E-state index contributed by atoms with van der Waals surface area (Å²) < 4.78 is 37.4. The number of hydrogen-bond donors (Lipinski definition) is 2. The largest absolute Gasteiger partial charge is 0.431 e. The van der Waals surface area contributed by atoms with Gasteiger partial charge in [0.1, 0.15) is 17.3 Å². The van der Waals surface area contributed by atoms with Crippen molar-refractivity contribution in [2.45, 2.75) is 12.6 Å². The summed E-state index contributed by atoms with van der Waals surface area (Å²) in [7, 11) is 0. The molecule has 0 atom stereocenters. The molecule has 0 spiro atoms. The summed E-state index contributed by atoms with van der Waals surface area (Å²) in [5, 5.41) is 17.1. The SMILES string of the molecule is N#Cc1cc(CCO)c(C(F)(F)F)[nH]c1=O. The Morgan fingerprint density at radius 2 is 2.12 bits per heavy atom. The Labute approximate surface area is 88.0 Å². The number of rotatable bonds is 2. The van der Waals surface area contributed by atoms with E-state index in [1.807, 2.05) is 0 Å². The molecule has 0 bridgehead atoms. The van der Waals surface area contributed by atoms with Crippen molar-refractivity contribution in [2.24, 2.45) is 0 Å². The van der Waals surface area contributed by atoms with Crippen molar-refractivity contribution in [3.63, 3.8) is 0 Å². The summed E-state index contributed by atoms with van der Waals surface area (Å²) in [5.74, 6) is 0. The van der Waals surface area contributed by atoms with Crippen LogP contribution in [0.4, 0.5) is 13.2 Å². The minimum atomic E-state index is -4.71. The number of aromatic nitrogens is 1. The summed E-state index contributed by atoms with van der Waals surface area (Å²) >= 11 is 0. The number of nitrogens with zero attached hydrogens (tertiary/aromatic N) is 1. The molecule has 0 aliphatic rings. The van der Waals surface area contributed by atoms with Gasteiger partial charge in [-0.1, -0.05) is 0 Å². The number of halogens is 3. The van der Waals surface area contributed by atoms with Crippen molar-refractivity contribution in [3.8, 4) is 6.07 Å². The van der Waals surface area contributed by atoms with E-state index in [0.29, 0.717) is 0 Å². The first-order valence-corrected chi connectivity index (χ1v) is 4.24. The van der Waals surface area contributed by atoms with Crippen LogP contribution in [0.15, 0.2) is 10.9 Å². The monoisotopic (exact) mass is 232 g/mol. The topological polar surface area (TPSA) is 76.9 Å². The number of nitriles is 1. The second kappa shape index (κ2) is 4.37. The van der Waals surface area contributed by atoms with Gasteiger partial charge < -0.3 is 10.1 Å². The lowest BCUT2D eigenvalue weighted by atomic mass is 10.1. The first-order chi connectivity index (χ1) is 7.40. The Hall–Kier alpha value is -1.81. The molecule has 0 unspecified atom stereocenters. The van der Waals surface area contributed by atoms with Gasteiger partial charge >= 0.3 is 6.18 Å². The van der Waals surface area contributed by atoms with Crippen molar-refractivity contribution < 1.29 is 18.3 Å². The van der Waals surface area contributed by atoms with Gasteiger partial charge in [-0.25, -0.2) is 0 Å². The number of alkyl halides is 3. The molecule has 0 aromatic carbocycles. The Bertz CT molecular complexity index is 485. The van der Waals surface area contributed by atoms with Gasteiger partial charge in [-0.15, -0.1) is 0 Å². The Morgan fingerprint density at radius 3 is 2.56 bits per heavy atom. The summed E-state index contributed by atoms with van der Waals surface area (Å²) in [5.41, 5.74) is -3.01. The highest BCUT2D eigenvalue weighted by molar-refractivity contribution is 5.34. The molecule has 2 N–H and O–H groups in total. The van der Waals surface area contributed by atoms with Crippen LogP contribution in [0.5, 0.6) is 0 Å². The zero-order chi connectivity index (χ0) is 12.3. The summed E-state index contributed by atoms with van der Waals surface area (Å²) in [6, 6.07) is 2.33. The Balaban J connectivity index is 3.44. The lowest BCUT2D eigenvalue weighted by Gasteiger charge is -2.11. The number of nitrogens with one attached hydrogen (secondary N) is 1. The first-order valence-electron chi connectivity index (χ1n) is 4.24. The van der Waals surface area contributed by atoms with Crippen LogP contribution in [0, 0.1) is 11.3 Å². The molecule has 7 heteroatoms. The van der Waals surface area contributed by atoms with Crippen LogP contribution in [-0.4, -0.2) is 16.7 Å². The number of hydrogen-bond acceptors (Lipinski definition) is 3. The van der Waals surface area contributed by atoms with Crippen molar-refractivity contribution in [2.75, 3.05) is 6.61 Å². The fourth-order valence-corrected chi connectivity index (χ4v) is 1.23. The van der Waals surface area contributed by atoms with E-state index < -0.39 is 29.6 Å². The molecule has 16 heavy (non-hydrogen) atoms. The van der Waals surface area contributed by atoms with E-state index in [0.717, 1.165) is 6.07 Å². The quantitative estimate of drug-likeness (QED) is 0.791. The maximum Gasteiger partial charge on any atom is 0.431 e. The van der Waals surface area contributed by atoms with Crippen LogP contribution >= 0.6 is 0 Å². The van der Waals surface area contributed by atoms with Crippen molar-refractivity contribution in [3.05, 3.63) is 33.2 Å². The predicted molar refractivity (Wildman–Crippen MR) is 47.6 cm³/mol. The van der Waals surface area contributed by atoms with Crippen LogP contribution in [0.2, 0.25) is 0 Å². The zero-order valence-corrected chi connectivity index (χ0v) is 7.93. The normalized spacial score (nSPS) is 11.2. The third kappa shape index (κ3) is 2.41. The molecule has 4 nitrogen and oxygen atoms in total. The number of aliphatic hydroxyl groups excluding tert-OH is 1.